The van der Waals surface area contributed by atoms with Gasteiger partial charge >= 0.3 is 0 Å². The van der Waals surface area contributed by atoms with Gasteiger partial charge in [0, 0.05) is 25.4 Å². The number of nitrogens with zero attached hydrogens (tertiary/aromatic N) is 2. The van der Waals surface area contributed by atoms with E-state index in [9.17, 15) is 13.2 Å². The van der Waals surface area contributed by atoms with Gasteiger partial charge in [-0.3, -0.25) is 4.79 Å². The van der Waals surface area contributed by atoms with Crippen LogP contribution in [0, 0.1) is 23.2 Å². The van der Waals surface area contributed by atoms with Crippen LogP contribution in [0.15, 0.2) is 36.4 Å². The molecule has 2 rings (SSSR count). The normalized spacial score (nSPS) is 20.2. The van der Waals surface area contributed by atoms with Crippen LogP contribution in [0.25, 0.3) is 0 Å². The highest BCUT2D eigenvalue weighted by Crippen LogP contribution is 2.28. The lowest BCUT2D eigenvalue weighted by Gasteiger charge is -2.16. The molecule has 0 aromatic heterocycles. The number of ether oxygens (including phenoxy) is 1. The lowest BCUT2D eigenvalue weighted by atomic mass is 9.92. The number of carbonyl (C=O) groups excluding carboxylic acids is 1. The number of hydrogen-bond donors (Lipinski definition) is 1. The van der Waals surface area contributed by atoms with E-state index in [-0.39, 0.29) is 23.5 Å². The van der Waals surface area contributed by atoms with E-state index in [2.05, 4.69) is 6.07 Å². The molecule has 1 heterocycles. The largest absolute Gasteiger partial charge is 0.493 e. The van der Waals surface area contributed by atoms with Crippen molar-refractivity contribution in [1.29, 1.82) is 5.26 Å². The van der Waals surface area contributed by atoms with Crippen LogP contribution in [-0.2, 0) is 14.8 Å². The summed E-state index contributed by atoms with van der Waals surface area (Å²) in [6.45, 7) is 1.02. The van der Waals surface area contributed by atoms with Crippen LogP contribution in [0.4, 0.5) is 0 Å². The van der Waals surface area contributed by atoms with Crippen molar-refractivity contribution in [2.75, 3.05) is 26.0 Å². The number of unbranched alkanes of at least 4 members (excludes halogenated alkanes) is 1. The standard InChI is InChI=1S/C19H25N3O4S/c1-22-13-16(14-26-17-8-6-7-15(11-17)12-20)18(19(22)23)9-4-2-3-5-10-27(21,24)25/h2,4,6-8,11,16,18H,3,5,9-10,13-14H2,1H3,(H2,21,24,25)/t16-,18-/m1/s1. The molecule has 1 aliphatic rings. The second-order valence-electron chi connectivity index (χ2n) is 6.75. The molecule has 7 nitrogen and oxygen atoms in total. The summed E-state index contributed by atoms with van der Waals surface area (Å²) in [6, 6.07) is 9.03. The first kappa shape index (κ1) is 20.9. The molecule has 1 aromatic carbocycles. The van der Waals surface area contributed by atoms with E-state index in [1.807, 2.05) is 12.2 Å². The summed E-state index contributed by atoms with van der Waals surface area (Å²) in [5.74, 6) is 0.559. The van der Waals surface area contributed by atoms with Crippen LogP contribution in [0.1, 0.15) is 24.8 Å². The molecule has 0 bridgehead atoms. The van der Waals surface area contributed by atoms with Crippen molar-refractivity contribution < 1.29 is 17.9 Å². The lowest BCUT2D eigenvalue weighted by molar-refractivity contribution is -0.130. The van der Waals surface area contributed by atoms with E-state index < -0.39 is 10.0 Å². The van der Waals surface area contributed by atoms with Gasteiger partial charge in [0.05, 0.1) is 24.0 Å². The Morgan fingerprint density at radius 2 is 2.19 bits per heavy atom. The highest BCUT2D eigenvalue weighted by atomic mass is 32.2. The Morgan fingerprint density at radius 1 is 1.41 bits per heavy atom. The fraction of sp³-hybridized carbons (Fsp3) is 0.474. The molecule has 1 aromatic rings. The zero-order chi connectivity index (χ0) is 19.9. The van der Waals surface area contributed by atoms with Gasteiger partial charge in [-0.15, -0.1) is 0 Å². The first-order valence-electron chi connectivity index (χ1n) is 8.83. The molecule has 0 aliphatic carbocycles. The highest BCUT2D eigenvalue weighted by molar-refractivity contribution is 7.89. The Kier molecular flexibility index (Phi) is 7.39. The molecule has 146 valence electrons. The van der Waals surface area contributed by atoms with Gasteiger partial charge in [-0.2, -0.15) is 5.26 Å². The van der Waals surface area contributed by atoms with Crippen molar-refractivity contribution in [2.24, 2.45) is 17.0 Å². The van der Waals surface area contributed by atoms with Crippen LogP contribution >= 0.6 is 0 Å². The average molecular weight is 391 g/mol. The van der Waals surface area contributed by atoms with Crippen LogP contribution in [0.5, 0.6) is 5.75 Å². The number of nitriles is 1. The van der Waals surface area contributed by atoms with E-state index in [1.165, 1.54) is 0 Å². The van der Waals surface area contributed by atoms with E-state index in [0.717, 1.165) is 0 Å². The number of benzene rings is 1. The minimum Gasteiger partial charge on any atom is -0.493 e. The maximum Gasteiger partial charge on any atom is 0.226 e. The van der Waals surface area contributed by atoms with Crippen LogP contribution in [0.3, 0.4) is 0 Å². The quantitative estimate of drug-likeness (QED) is 0.508. The van der Waals surface area contributed by atoms with Crippen LogP contribution in [-0.4, -0.2) is 45.2 Å². The smallest absolute Gasteiger partial charge is 0.226 e. The molecule has 0 radical (unpaired) electrons. The number of allylic oxidation sites excluding steroid dienone is 2. The summed E-state index contributed by atoms with van der Waals surface area (Å²) in [4.78, 5) is 14.1. The Labute approximate surface area is 160 Å². The van der Waals surface area contributed by atoms with Gasteiger partial charge in [-0.25, -0.2) is 13.6 Å². The Hall–Kier alpha value is -2.37. The first-order valence-corrected chi connectivity index (χ1v) is 10.5. The summed E-state index contributed by atoms with van der Waals surface area (Å²) < 4.78 is 27.6. The minimum absolute atomic E-state index is 0.0410. The van der Waals surface area contributed by atoms with Gasteiger partial charge < -0.3 is 9.64 Å². The average Bonchev–Trinajstić information content (AvgIpc) is 2.89. The number of sulfonamides is 1. The van der Waals surface area contributed by atoms with Crippen molar-refractivity contribution in [3.8, 4) is 11.8 Å². The van der Waals surface area contributed by atoms with Crippen molar-refractivity contribution in [2.45, 2.75) is 19.3 Å². The lowest BCUT2D eigenvalue weighted by Crippen LogP contribution is -2.22. The molecule has 0 saturated carbocycles. The van der Waals surface area contributed by atoms with E-state index in [1.54, 1.807) is 36.2 Å². The van der Waals surface area contributed by atoms with Crippen molar-refractivity contribution in [3.05, 3.63) is 42.0 Å². The maximum absolute atomic E-state index is 12.4. The summed E-state index contributed by atoms with van der Waals surface area (Å²) in [6.07, 6.45) is 5.48. The highest BCUT2D eigenvalue weighted by Gasteiger charge is 2.37. The van der Waals surface area contributed by atoms with Gasteiger partial charge in [0.25, 0.3) is 0 Å². The molecule has 27 heavy (non-hydrogen) atoms. The van der Waals surface area contributed by atoms with Gasteiger partial charge in [0.1, 0.15) is 5.75 Å². The molecule has 1 saturated heterocycles. The minimum atomic E-state index is -3.42. The topological polar surface area (TPSA) is 113 Å². The molecule has 8 heteroatoms. The second kappa shape index (κ2) is 9.53. The van der Waals surface area contributed by atoms with E-state index in [0.29, 0.717) is 43.7 Å². The number of primary sulfonamides is 1. The zero-order valence-electron chi connectivity index (χ0n) is 15.4. The van der Waals surface area contributed by atoms with E-state index in [4.69, 9.17) is 15.1 Å². The van der Waals surface area contributed by atoms with Crippen molar-refractivity contribution in [3.63, 3.8) is 0 Å². The Balaban J connectivity index is 1.87. The molecule has 0 spiro atoms. The molecular weight excluding hydrogens is 366 g/mol. The SMILES string of the molecule is CN1C[C@H](COc2cccc(C#N)c2)[C@@H](CC=CCCCS(N)(=O)=O)C1=O. The third-order valence-corrected chi connectivity index (χ3v) is 5.41. The fourth-order valence-corrected chi connectivity index (χ4v) is 3.71. The predicted octanol–water partition coefficient (Wildman–Crippen LogP) is 1.66. The molecule has 2 atom stereocenters. The van der Waals surface area contributed by atoms with Gasteiger partial charge in [0.2, 0.25) is 15.9 Å². The van der Waals surface area contributed by atoms with Gasteiger partial charge in [-0.1, -0.05) is 18.2 Å². The van der Waals surface area contributed by atoms with Crippen molar-refractivity contribution >= 4 is 15.9 Å². The summed E-state index contributed by atoms with van der Waals surface area (Å²) in [7, 11) is -1.64. The number of likely N-dealkylation sites (tertiary alicyclic amines) is 1. The zero-order valence-corrected chi connectivity index (χ0v) is 16.2. The summed E-state index contributed by atoms with van der Waals surface area (Å²) in [5, 5.41) is 13.9. The van der Waals surface area contributed by atoms with E-state index >= 15 is 0 Å². The molecule has 0 unspecified atom stereocenters. The number of rotatable bonds is 9. The third-order valence-electron chi connectivity index (χ3n) is 4.55. The van der Waals surface area contributed by atoms with Crippen LogP contribution in [0.2, 0.25) is 0 Å². The molecule has 1 aliphatic heterocycles. The molecule has 2 N–H and O–H groups in total. The number of carbonyl (C=O) groups is 1. The van der Waals surface area contributed by atoms with Crippen LogP contribution < -0.4 is 9.88 Å². The summed E-state index contributed by atoms with van der Waals surface area (Å²) >= 11 is 0. The maximum atomic E-state index is 12.4. The number of nitrogens with two attached hydrogens (primary N) is 1. The summed E-state index contributed by atoms with van der Waals surface area (Å²) in [5.41, 5.74) is 0.533. The Morgan fingerprint density at radius 3 is 2.89 bits per heavy atom. The number of hydrogen-bond acceptors (Lipinski definition) is 5. The number of amides is 1. The van der Waals surface area contributed by atoms with Gasteiger partial charge in [0.15, 0.2) is 0 Å². The fourth-order valence-electron chi connectivity index (χ4n) is 3.14. The van der Waals surface area contributed by atoms with Crippen molar-refractivity contribution in [1.82, 2.24) is 4.90 Å². The third kappa shape index (κ3) is 6.70. The molecule has 1 fully saturated rings. The molecular formula is C19H25N3O4S. The molecule has 1 amide bonds. The van der Waals surface area contributed by atoms with Gasteiger partial charge in [-0.05, 0) is 37.5 Å². The monoisotopic (exact) mass is 391 g/mol. The Bertz CT molecular complexity index is 830. The first-order chi connectivity index (χ1) is 12.8. The second-order valence-corrected chi connectivity index (χ2v) is 8.49. The predicted molar refractivity (Wildman–Crippen MR) is 102 cm³/mol.